The highest BCUT2D eigenvalue weighted by atomic mass is 16.3. The second kappa shape index (κ2) is 5.84. The second-order valence-electron chi connectivity index (χ2n) is 4.91. The van der Waals surface area contributed by atoms with E-state index in [0.29, 0.717) is 12.4 Å². The molecule has 1 N–H and O–H groups in total. The predicted octanol–water partition coefficient (Wildman–Crippen LogP) is 2.22. The standard InChI is InChI=1S/C16H17N3O/c20-14-9-11-19(12-14)16-8-10-17-15(18-16)7-6-13-4-2-1-3-5-13/h1-8,10,14,20H,9,11-12H2. The highest BCUT2D eigenvalue weighted by Gasteiger charge is 2.21. The summed E-state index contributed by atoms with van der Waals surface area (Å²) >= 11 is 0. The SMILES string of the molecule is OC1CCN(c2ccnc(C=Cc3ccccc3)n2)C1. The van der Waals surface area contributed by atoms with E-state index < -0.39 is 0 Å². The third kappa shape index (κ3) is 3.03. The minimum atomic E-state index is -0.242. The van der Waals surface area contributed by atoms with E-state index in [2.05, 4.69) is 14.9 Å². The molecule has 0 radical (unpaired) electrons. The number of rotatable bonds is 3. The van der Waals surface area contributed by atoms with Crippen molar-refractivity contribution in [2.45, 2.75) is 12.5 Å². The Kier molecular flexibility index (Phi) is 3.74. The predicted molar refractivity (Wildman–Crippen MR) is 80.2 cm³/mol. The van der Waals surface area contributed by atoms with Gasteiger partial charge in [0.2, 0.25) is 0 Å². The molecule has 0 saturated carbocycles. The Morgan fingerprint density at radius 1 is 1.15 bits per heavy atom. The van der Waals surface area contributed by atoms with Gasteiger partial charge in [-0.05, 0) is 24.1 Å². The molecule has 3 rings (SSSR count). The quantitative estimate of drug-likeness (QED) is 0.926. The first-order chi connectivity index (χ1) is 9.81. The Bertz CT molecular complexity index is 598. The van der Waals surface area contributed by atoms with Gasteiger partial charge in [-0.2, -0.15) is 0 Å². The van der Waals surface area contributed by atoms with Gasteiger partial charge in [-0.3, -0.25) is 0 Å². The Balaban J connectivity index is 1.76. The van der Waals surface area contributed by atoms with Crippen molar-refractivity contribution < 1.29 is 5.11 Å². The fourth-order valence-electron chi connectivity index (χ4n) is 2.31. The lowest BCUT2D eigenvalue weighted by Gasteiger charge is -2.16. The zero-order valence-electron chi connectivity index (χ0n) is 11.2. The van der Waals surface area contributed by atoms with E-state index in [1.165, 1.54) is 0 Å². The molecule has 102 valence electrons. The van der Waals surface area contributed by atoms with Gasteiger partial charge in [-0.15, -0.1) is 0 Å². The van der Waals surface area contributed by atoms with Gasteiger partial charge in [0.05, 0.1) is 6.10 Å². The summed E-state index contributed by atoms with van der Waals surface area (Å²) in [6.07, 6.45) is 6.23. The highest BCUT2D eigenvalue weighted by Crippen LogP contribution is 2.18. The average Bonchev–Trinajstić information content (AvgIpc) is 2.93. The topological polar surface area (TPSA) is 49.2 Å². The maximum Gasteiger partial charge on any atom is 0.154 e. The van der Waals surface area contributed by atoms with E-state index in [-0.39, 0.29) is 6.10 Å². The number of nitrogens with zero attached hydrogens (tertiary/aromatic N) is 3. The van der Waals surface area contributed by atoms with Crippen LogP contribution in [0.5, 0.6) is 0 Å². The molecule has 0 bridgehead atoms. The molecule has 0 amide bonds. The molecule has 1 aromatic carbocycles. The Morgan fingerprint density at radius 2 is 2.00 bits per heavy atom. The molecule has 20 heavy (non-hydrogen) atoms. The van der Waals surface area contributed by atoms with Gasteiger partial charge in [-0.1, -0.05) is 36.4 Å². The van der Waals surface area contributed by atoms with Crippen LogP contribution < -0.4 is 4.90 Å². The second-order valence-corrected chi connectivity index (χ2v) is 4.91. The van der Waals surface area contributed by atoms with E-state index in [9.17, 15) is 5.11 Å². The van der Waals surface area contributed by atoms with E-state index >= 15 is 0 Å². The van der Waals surface area contributed by atoms with Gasteiger partial charge in [-0.25, -0.2) is 9.97 Å². The van der Waals surface area contributed by atoms with Crippen LogP contribution in [0.4, 0.5) is 5.82 Å². The summed E-state index contributed by atoms with van der Waals surface area (Å²) in [6.45, 7) is 1.50. The van der Waals surface area contributed by atoms with E-state index in [1.54, 1.807) is 6.20 Å². The van der Waals surface area contributed by atoms with E-state index in [0.717, 1.165) is 24.3 Å². The van der Waals surface area contributed by atoms with Crippen molar-refractivity contribution in [3.8, 4) is 0 Å². The molecule has 1 unspecified atom stereocenters. The third-order valence-corrected chi connectivity index (χ3v) is 3.37. The molecule has 1 aromatic heterocycles. The lowest BCUT2D eigenvalue weighted by atomic mass is 10.2. The van der Waals surface area contributed by atoms with Crippen LogP contribution in [0.15, 0.2) is 42.6 Å². The van der Waals surface area contributed by atoms with Crippen LogP contribution in [0.3, 0.4) is 0 Å². The van der Waals surface area contributed by atoms with Crippen molar-refractivity contribution >= 4 is 18.0 Å². The molecular weight excluding hydrogens is 250 g/mol. The van der Waals surface area contributed by atoms with Crippen LogP contribution >= 0.6 is 0 Å². The maximum absolute atomic E-state index is 9.58. The summed E-state index contributed by atoms with van der Waals surface area (Å²) in [5, 5.41) is 9.58. The zero-order valence-corrected chi connectivity index (χ0v) is 11.2. The van der Waals surface area contributed by atoms with E-state index in [4.69, 9.17) is 0 Å². The summed E-state index contributed by atoms with van der Waals surface area (Å²) in [5.41, 5.74) is 1.12. The van der Waals surface area contributed by atoms with Crippen LogP contribution in [0.2, 0.25) is 0 Å². The molecule has 1 aliphatic rings. The van der Waals surface area contributed by atoms with Crippen molar-refractivity contribution in [1.82, 2.24) is 9.97 Å². The van der Waals surface area contributed by atoms with Gasteiger partial charge in [0, 0.05) is 19.3 Å². The molecule has 4 nitrogen and oxygen atoms in total. The number of benzene rings is 1. The number of anilines is 1. The molecule has 2 heterocycles. The number of β-amino-alcohol motifs (C(OH)–C–C–N with tert-alkyl or cyclic N) is 1. The highest BCUT2D eigenvalue weighted by molar-refractivity contribution is 5.66. The van der Waals surface area contributed by atoms with Crippen molar-refractivity contribution in [2.75, 3.05) is 18.0 Å². The minimum Gasteiger partial charge on any atom is -0.391 e. The summed E-state index contributed by atoms with van der Waals surface area (Å²) in [4.78, 5) is 10.9. The molecule has 4 heteroatoms. The van der Waals surface area contributed by atoms with Gasteiger partial charge < -0.3 is 10.0 Å². The van der Waals surface area contributed by atoms with Crippen molar-refractivity contribution in [2.24, 2.45) is 0 Å². The first kappa shape index (κ1) is 12.8. The minimum absolute atomic E-state index is 0.242. The lowest BCUT2D eigenvalue weighted by Crippen LogP contribution is -2.22. The van der Waals surface area contributed by atoms with Crippen molar-refractivity contribution in [3.63, 3.8) is 0 Å². The smallest absolute Gasteiger partial charge is 0.154 e. The molecule has 2 aromatic rings. The normalized spacial score (nSPS) is 18.9. The molecule has 1 atom stereocenters. The van der Waals surface area contributed by atoms with Gasteiger partial charge in [0.25, 0.3) is 0 Å². The fourth-order valence-corrected chi connectivity index (χ4v) is 2.31. The number of aliphatic hydroxyl groups excluding tert-OH is 1. The lowest BCUT2D eigenvalue weighted by molar-refractivity contribution is 0.198. The van der Waals surface area contributed by atoms with Crippen molar-refractivity contribution in [1.29, 1.82) is 0 Å². The maximum atomic E-state index is 9.58. The van der Waals surface area contributed by atoms with Crippen LogP contribution in [-0.4, -0.2) is 34.3 Å². The number of aliphatic hydroxyl groups is 1. The van der Waals surface area contributed by atoms with E-state index in [1.807, 2.05) is 48.6 Å². The largest absolute Gasteiger partial charge is 0.391 e. The molecule has 0 spiro atoms. The van der Waals surface area contributed by atoms with Gasteiger partial charge in [0.15, 0.2) is 5.82 Å². The molecular formula is C16H17N3O. The molecule has 1 fully saturated rings. The van der Waals surface area contributed by atoms with Crippen molar-refractivity contribution in [3.05, 3.63) is 54.0 Å². The molecule has 1 saturated heterocycles. The van der Waals surface area contributed by atoms with Gasteiger partial charge >= 0.3 is 0 Å². The van der Waals surface area contributed by atoms with Crippen LogP contribution in [0.25, 0.3) is 12.2 Å². The number of hydrogen-bond acceptors (Lipinski definition) is 4. The Labute approximate surface area is 118 Å². The van der Waals surface area contributed by atoms with Crippen LogP contribution in [-0.2, 0) is 0 Å². The average molecular weight is 267 g/mol. The number of hydrogen-bond donors (Lipinski definition) is 1. The third-order valence-electron chi connectivity index (χ3n) is 3.37. The van der Waals surface area contributed by atoms with Gasteiger partial charge in [0.1, 0.15) is 5.82 Å². The monoisotopic (exact) mass is 267 g/mol. The molecule has 0 aliphatic carbocycles. The fraction of sp³-hybridized carbons (Fsp3) is 0.250. The molecule has 1 aliphatic heterocycles. The number of aromatic nitrogens is 2. The zero-order chi connectivity index (χ0) is 13.8. The summed E-state index contributed by atoms with van der Waals surface area (Å²) < 4.78 is 0. The Hall–Kier alpha value is -2.20. The first-order valence-corrected chi connectivity index (χ1v) is 6.80. The van der Waals surface area contributed by atoms with Crippen LogP contribution in [0, 0.1) is 0 Å². The first-order valence-electron chi connectivity index (χ1n) is 6.80. The van der Waals surface area contributed by atoms with Crippen LogP contribution in [0.1, 0.15) is 17.8 Å². The Morgan fingerprint density at radius 3 is 2.75 bits per heavy atom. The summed E-state index contributed by atoms with van der Waals surface area (Å²) in [5.74, 6) is 1.57. The summed E-state index contributed by atoms with van der Waals surface area (Å²) in [6, 6.07) is 12.0. The summed E-state index contributed by atoms with van der Waals surface area (Å²) in [7, 11) is 0.